The molecule has 28 heavy (non-hydrogen) atoms. The molecule has 2 aromatic rings. The molecule has 2 saturated heterocycles. The average Bonchev–Trinajstić information content (AvgIpc) is 3.07. The van der Waals surface area contributed by atoms with E-state index in [0.717, 1.165) is 21.3 Å². The third-order valence-electron chi connectivity index (χ3n) is 4.98. The van der Waals surface area contributed by atoms with Crippen LogP contribution in [0.25, 0.3) is 0 Å². The van der Waals surface area contributed by atoms with Crippen molar-refractivity contribution in [2.24, 2.45) is 4.99 Å². The molecule has 0 spiro atoms. The van der Waals surface area contributed by atoms with Gasteiger partial charge in [0.25, 0.3) is 5.91 Å². The number of fused-ring (bicyclic) bond motifs is 1. The summed E-state index contributed by atoms with van der Waals surface area (Å²) < 4.78 is 25.4. The Morgan fingerprint density at radius 2 is 1.79 bits per heavy atom. The number of anilines is 1. The predicted molar refractivity (Wildman–Crippen MR) is 118 cm³/mol. The number of aliphatic imine (C=N–C) groups is 1. The number of hydrogen-bond donors (Lipinski definition) is 0. The van der Waals surface area contributed by atoms with Crippen molar-refractivity contribution >= 4 is 54.3 Å². The maximum atomic E-state index is 12.7. The highest BCUT2D eigenvalue weighted by Crippen LogP contribution is 2.43. The van der Waals surface area contributed by atoms with Crippen molar-refractivity contribution in [1.82, 2.24) is 0 Å². The Hall–Kier alpha value is -1.64. The van der Waals surface area contributed by atoms with Gasteiger partial charge in [-0.25, -0.2) is 8.42 Å². The Bertz CT molecular complexity index is 1060. The van der Waals surface area contributed by atoms with E-state index < -0.39 is 9.84 Å². The van der Waals surface area contributed by atoms with Gasteiger partial charge >= 0.3 is 0 Å². The van der Waals surface area contributed by atoms with Gasteiger partial charge in [0.15, 0.2) is 15.0 Å². The first-order chi connectivity index (χ1) is 13.2. The second-order valence-corrected chi connectivity index (χ2v) is 11.4. The molecule has 1 amide bonds. The van der Waals surface area contributed by atoms with E-state index in [1.54, 1.807) is 24.3 Å². The van der Waals surface area contributed by atoms with Gasteiger partial charge in [-0.3, -0.25) is 4.79 Å². The van der Waals surface area contributed by atoms with Crippen molar-refractivity contribution in [2.45, 2.75) is 25.1 Å². The molecule has 2 heterocycles. The van der Waals surface area contributed by atoms with Crippen LogP contribution in [0, 0.1) is 13.8 Å². The van der Waals surface area contributed by atoms with Crippen LogP contribution < -0.4 is 4.90 Å². The Kier molecular flexibility index (Phi) is 5.14. The predicted octanol–water partition coefficient (Wildman–Crippen LogP) is 3.98. The number of benzene rings is 2. The number of amidine groups is 1. The lowest BCUT2D eigenvalue weighted by molar-refractivity contribution is 0.100. The third kappa shape index (κ3) is 3.65. The molecule has 5 nitrogen and oxygen atoms in total. The molecule has 0 saturated carbocycles. The van der Waals surface area contributed by atoms with E-state index >= 15 is 0 Å². The minimum Gasteiger partial charge on any atom is -0.315 e. The van der Waals surface area contributed by atoms with Crippen LogP contribution in [0.5, 0.6) is 0 Å². The fourth-order valence-electron chi connectivity index (χ4n) is 3.84. The maximum Gasteiger partial charge on any atom is 0.279 e. The summed E-state index contributed by atoms with van der Waals surface area (Å²) in [5.74, 6) is -0.118. The highest BCUT2D eigenvalue weighted by atomic mass is 79.9. The smallest absolute Gasteiger partial charge is 0.279 e. The van der Waals surface area contributed by atoms with Crippen molar-refractivity contribution in [1.29, 1.82) is 0 Å². The minimum atomic E-state index is -3.10. The summed E-state index contributed by atoms with van der Waals surface area (Å²) >= 11 is 4.91. The number of sulfone groups is 1. The Labute approximate surface area is 177 Å². The van der Waals surface area contributed by atoms with Gasteiger partial charge in [-0.1, -0.05) is 45.9 Å². The number of amides is 1. The summed E-state index contributed by atoms with van der Waals surface area (Å²) in [6.45, 7) is 3.98. The van der Waals surface area contributed by atoms with Crippen LogP contribution in [0.2, 0.25) is 0 Å². The van der Waals surface area contributed by atoms with Gasteiger partial charge in [0.1, 0.15) is 0 Å². The number of aryl methyl sites for hydroxylation is 2. The van der Waals surface area contributed by atoms with Crippen LogP contribution in [0.4, 0.5) is 5.69 Å². The number of carbonyl (C=O) groups excluding carboxylic acids is 1. The highest BCUT2D eigenvalue weighted by Gasteiger charge is 2.50. The summed E-state index contributed by atoms with van der Waals surface area (Å²) in [5.41, 5.74) is 3.47. The first-order valence-electron chi connectivity index (χ1n) is 8.86. The largest absolute Gasteiger partial charge is 0.315 e. The van der Waals surface area contributed by atoms with Gasteiger partial charge in [-0.05, 0) is 49.2 Å². The molecular formula is C20H19BrN2O3S2. The lowest BCUT2D eigenvalue weighted by Gasteiger charge is -2.28. The molecule has 4 rings (SSSR count). The van der Waals surface area contributed by atoms with Crippen LogP contribution >= 0.6 is 27.7 Å². The van der Waals surface area contributed by atoms with Gasteiger partial charge in [0.2, 0.25) is 0 Å². The van der Waals surface area contributed by atoms with Crippen molar-refractivity contribution in [2.75, 3.05) is 16.4 Å². The molecule has 146 valence electrons. The van der Waals surface area contributed by atoms with Crippen LogP contribution in [-0.2, 0) is 9.84 Å². The summed E-state index contributed by atoms with van der Waals surface area (Å²) in [7, 11) is -3.10. The van der Waals surface area contributed by atoms with E-state index in [0.29, 0.717) is 10.7 Å². The Balaban J connectivity index is 1.81. The molecule has 2 fully saturated rings. The van der Waals surface area contributed by atoms with Crippen molar-refractivity contribution < 1.29 is 13.2 Å². The zero-order valence-corrected chi connectivity index (χ0v) is 18.6. The topological polar surface area (TPSA) is 66.8 Å². The standard InChI is InChI=1S/C20H19BrN2O3S2/c1-12-8-15(21)9-13(2)18(12)23-16-10-28(25,26)11-17(16)27-20(23)22-19(24)14-6-4-3-5-7-14/h3-9,16-17H,10-11H2,1-2H3/t16-,17+/m0/s1. The summed E-state index contributed by atoms with van der Waals surface area (Å²) in [6, 6.07) is 12.7. The second-order valence-electron chi connectivity index (χ2n) is 7.12. The van der Waals surface area contributed by atoms with Gasteiger partial charge in [0.05, 0.1) is 17.5 Å². The number of carbonyl (C=O) groups is 1. The average molecular weight is 479 g/mol. The van der Waals surface area contributed by atoms with Gasteiger partial charge < -0.3 is 4.90 Å². The lowest BCUT2D eigenvalue weighted by Crippen LogP contribution is -2.38. The van der Waals surface area contributed by atoms with Crippen LogP contribution in [0.1, 0.15) is 21.5 Å². The van der Waals surface area contributed by atoms with Crippen molar-refractivity contribution in [3.8, 4) is 0 Å². The van der Waals surface area contributed by atoms with E-state index in [-0.39, 0.29) is 28.7 Å². The molecule has 0 bridgehead atoms. The zero-order chi connectivity index (χ0) is 20.1. The maximum absolute atomic E-state index is 12.7. The van der Waals surface area contributed by atoms with E-state index in [1.165, 1.54) is 11.8 Å². The molecule has 2 atom stereocenters. The molecule has 0 unspecified atom stereocenters. The molecule has 0 aliphatic carbocycles. The third-order valence-corrected chi connectivity index (χ3v) is 8.65. The molecule has 0 aromatic heterocycles. The normalized spacial score (nSPS) is 24.5. The lowest BCUT2D eigenvalue weighted by atomic mass is 10.1. The highest BCUT2D eigenvalue weighted by molar-refractivity contribution is 9.10. The number of hydrogen-bond acceptors (Lipinski definition) is 4. The fraction of sp³-hybridized carbons (Fsp3) is 0.300. The molecule has 2 aliphatic rings. The Morgan fingerprint density at radius 3 is 2.43 bits per heavy atom. The molecule has 2 aromatic carbocycles. The van der Waals surface area contributed by atoms with Crippen molar-refractivity contribution in [3.63, 3.8) is 0 Å². The summed E-state index contributed by atoms with van der Waals surface area (Å²) in [6.07, 6.45) is 0. The molecule has 0 N–H and O–H groups in total. The summed E-state index contributed by atoms with van der Waals surface area (Å²) in [5, 5.41) is 0.460. The van der Waals surface area contributed by atoms with E-state index in [4.69, 9.17) is 0 Å². The first-order valence-corrected chi connectivity index (χ1v) is 12.4. The minimum absolute atomic E-state index is 0.0815. The number of rotatable bonds is 2. The fourth-order valence-corrected chi connectivity index (χ4v) is 8.43. The number of nitrogens with zero attached hydrogens (tertiary/aromatic N) is 2. The van der Waals surface area contributed by atoms with Gasteiger partial charge in [-0.2, -0.15) is 4.99 Å². The summed E-state index contributed by atoms with van der Waals surface area (Å²) in [4.78, 5) is 19.1. The van der Waals surface area contributed by atoms with Crippen molar-refractivity contribution in [3.05, 3.63) is 63.6 Å². The second kappa shape index (κ2) is 7.31. The van der Waals surface area contributed by atoms with E-state index in [2.05, 4.69) is 20.9 Å². The zero-order valence-electron chi connectivity index (χ0n) is 15.4. The van der Waals surface area contributed by atoms with E-state index in [9.17, 15) is 13.2 Å². The van der Waals surface area contributed by atoms with Gasteiger partial charge in [0, 0.05) is 21.0 Å². The Morgan fingerprint density at radius 1 is 1.14 bits per heavy atom. The molecule has 2 aliphatic heterocycles. The molecule has 8 heteroatoms. The number of halogens is 1. The quantitative estimate of drug-likeness (QED) is 0.652. The van der Waals surface area contributed by atoms with Crippen LogP contribution in [0.3, 0.4) is 0 Å². The van der Waals surface area contributed by atoms with E-state index in [1.807, 2.05) is 36.9 Å². The molecular weight excluding hydrogens is 460 g/mol. The number of thioether (sulfide) groups is 1. The van der Waals surface area contributed by atoms with Crippen LogP contribution in [-0.4, -0.2) is 42.3 Å². The monoisotopic (exact) mass is 478 g/mol. The van der Waals surface area contributed by atoms with Gasteiger partial charge in [-0.15, -0.1) is 0 Å². The SMILES string of the molecule is Cc1cc(Br)cc(C)c1N1C(=NC(=O)c2ccccc2)S[C@@H]2CS(=O)(=O)C[C@@H]21. The van der Waals surface area contributed by atoms with Crippen LogP contribution in [0.15, 0.2) is 51.9 Å². The first kappa shape index (κ1) is 19.7. The molecule has 0 radical (unpaired) electrons.